The number of rotatable bonds is 5. The second-order valence-corrected chi connectivity index (χ2v) is 8.38. The summed E-state index contributed by atoms with van der Waals surface area (Å²) in [5, 5.41) is 1.23. The number of Topliss-reactive ketones (excluding diaryl/α,β-unsaturated/α-hetero) is 1. The maximum atomic E-state index is 12.4. The molecule has 5 heteroatoms. The maximum absolute atomic E-state index is 12.4. The first kappa shape index (κ1) is 15.2. The summed E-state index contributed by atoms with van der Waals surface area (Å²) in [5.74, 6) is 2.00. The van der Waals surface area contributed by atoms with Gasteiger partial charge >= 0.3 is 0 Å². The third-order valence-corrected chi connectivity index (χ3v) is 6.94. The van der Waals surface area contributed by atoms with Crippen molar-refractivity contribution in [2.75, 3.05) is 30.0 Å². The van der Waals surface area contributed by atoms with Crippen LogP contribution in [0, 0.1) is 17.8 Å². The molecule has 2 heterocycles. The van der Waals surface area contributed by atoms with Gasteiger partial charge in [-0.1, -0.05) is 13.8 Å². The fourth-order valence-corrected chi connectivity index (χ4v) is 5.29. The van der Waals surface area contributed by atoms with Gasteiger partial charge in [0.25, 0.3) is 0 Å². The van der Waals surface area contributed by atoms with E-state index in [2.05, 4.69) is 25.0 Å². The van der Waals surface area contributed by atoms with E-state index in [4.69, 9.17) is 5.73 Å². The van der Waals surface area contributed by atoms with Crippen molar-refractivity contribution < 1.29 is 4.79 Å². The number of thiophene rings is 1. The van der Waals surface area contributed by atoms with Gasteiger partial charge in [0.1, 0.15) is 5.00 Å². The van der Waals surface area contributed by atoms with Crippen LogP contribution in [0.15, 0.2) is 4.90 Å². The molecule has 2 fully saturated rings. The molecule has 0 amide bonds. The monoisotopic (exact) mass is 324 g/mol. The van der Waals surface area contributed by atoms with Gasteiger partial charge in [0.05, 0.1) is 15.5 Å². The Labute approximate surface area is 135 Å². The minimum Gasteiger partial charge on any atom is -0.396 e. The van der Waals surface area contributed by atoms with Gasteiger partial charge in [0, 0.05) is 19.0 Å². The highest BCUT2D eigenvalue weighted by Crippen LogP contribution is 2.48. The lowest BCUT2D eigenvalue weighted by Crippen LogP contribution is -2.20. The second kappa shape index (κ2) is 5.84. The Bertz CT molecular complexity index is 549. The first-order valence-corrected chi connectivity index (χ1v) is 9.82. The van der Waals surface area contributed by atoms with E-state index in [9.17, 15) is 4.79 Å². The summed E-state index contributed by atoms with van der Waals surface area (Å²) in [4.78, 5) is 16.8. The summed E-state index contributed by atoms with van der Waals surface area (Å²) in [6, 6.07) is 0. The molecule has 116 valence electrons. The molecule has 3 rings (SSSR count). The molecule has 0 spiro atoms. The van der Waals surface area contributed by atoms with Gasteiger partial charge in [-0.15, -0.1) is 23.1 Å². The number of hydrogen-bond acceptors (Lipinski definition) is 5. The molecule has 0 bridgehead atoms. The van der Waals surface area contributed by atoms with Crippen LogP contribution < -0.4 is 10.6 Å². The average Bonchev–Trinajstić information content (AvgIpc) is 3.08. The predicted octanol–water partition coefficient (Wildman–Crippen LogP) is 4.13. The molecule has 1 aromatic rings. The molecule has 2 aliphatic rings. The van der Waals surface area contributed by atoms with Crippen molar-refractivity contribution in [3.63, 3.8) is 0 Å². The number of ketones is 1. The largest absolute Gasteiger partial charge is 0.396 e. The molecule has 0 aromatic carbocycles. The van der Waals surface area contributed by atoms with E-state index in [1.807, 2.05) is 0 Å². The molecule has 1 aliphatic carbocycles. The van der Waals surface area contributed by atoms with E-state index in [-0.39, 0.29) is 11.7 Å². The molecule has 1 atom stereocenters. The van der Waals surface area contributed by atoms with E-state index >= 15 is 0 Å². The summed E-state index contributed by atoms with van der Waals surface area (Å²) < 4.78 is 0. The van der Waals surface area contributed by atoms with Crippen molar-refractivity contribution in [3.8, 4) is 0 Å². The number of nitrogen functional groups attached to an aromatic ring is 1. The molecular formula is C16H24N2OS2. The molecule has 1 aliphatic heterocycles. The Balaban J connectivity index is 1.88. The van der Waals surface area contributed by atoms with Crippen LogP contribution >= 0.6 is 23.1 Å². The maximum Gasteiger partial charge on any atom is 0.178 e. The minimum atomic E-state index is 0.246. The molecule has 1 unspecified atom stereocenters. The van der Waals surface area contributed by atoms with E-state index in [1.165, 1.54) is 11.4 Å². The van der Waals surface area contributed by atoms with Crippen LogP contribution in [-0.2, 0) is 0 Å². The first-order chi connectivity index (χ1) is 10.0. The van der Waals surface area contributed by atoms with Gasteiger partial charge in [-0.3, -0.25) is 4.79 Å². The average molecular weight is 325 g/mol. The third-order valence-electron chi connectivity index (χ3n) is 4.71. The number of nitrogens with zero attached hydrogens (tertiary/aromatic N) is 1. The number of hydrogen-bond donors (Lipinski definition) is 1. The Hall–Kier alpha value is -0.680. The van der Waals surface area contributed by atoms with Crippen LogP contribution in [0.1, 0.15) is 42.8 Å². The van der Waals surface area contributed by atoms with Crippen molar-refractivity contribution >= 4 is 39.6 Å². The summed E-state index contributed by atoms with van der Waals surface area (Å²) in [6.45, 7) is 6.79. The van der Waals surface area contributed by atoms with Gasteiger partial charge in [-0.2, -0.15) is 0 Å². The van der Waals surface area contributed by atoms with Gasteiger partial charge in [-0.05, 0) is 37.4 Å². The normalized spacial score (nSPS) is 22.3. The Morgan fingerprint density at radius 1 is 1.38 bits per heavy atom. The molecule has 1 aromatic heterocycles. The summed E-state index contributed by atoms with van der Waals surface area (Å²) >= 11 is 3.31. The summed E-state index contributed by atoms with van der Waals surface area (Å²) in [5.41, 5.74) is 7.01. The number of thioether (sulfide) groups is 1. The Morgan fingerprint density at radius 3 is 2.62 bits per heavy atom. The first-order valence-electron chi connectivity index (χ1n) is 7.78. The van der Waals surface area contributed by atoms with Crippen molar-refractivity contribution in [1.82, 2.24) is 0 Å². The summed E-state index contributed by atoms with van der Waals surface area (Å²) in [7, 11) is 0. The zero-order valence-electron chi connectivity index (χ0n) is 13.0. The highest BCUT2D eigenvalue weighted by Gasteiger charge is 2.35. The number of nitrogens with two attached hydrogens (primary N) is 1. The van der Waals surface area contributed by atoms with Crippen LogP contribution in [0.5, 0.6) is 0 Å². The lowest BCUT2D eigenvalue weighted by atomic mass is 9.95. The van der Waals surface area contributed by atoms with E-state index in [1.54, 1.807) is 23.1 Å². The van der Waals surface area contributed by atoms with Gasteiger partial charge in [-0.25, -0.2) is 0 Å². The quantitative estimate of drug-likeness (QED) is 0.653. The van der Waals surface area contributed by atoms with Crippen LogP contribution in [0.3, 0.4) is 0 Å². The standard InChI is InChI=1S/C16H24N2OS2/c1-9(2)11-6-7-18(8-11)16-15(20-3)12(17)14(21-16)13(19)10-4-5-10/h9-11H,4-8,17H2,1-3H3. The molecule has 21 heavy (non-hydrogen) atoms. The second-order valence-electron chi connectivity index (χ2n) is 6.56. The van der Waals surface area contributed by atoms with Crippen LogP contribution in [0.2, 0.25) is 0 Å². The SMILES string of the molecule is CSc1c(N2CCC(C(C)C)C2)sc(C(=O)C2CC2)c1N. The highest BCUT2D eigenvalue weighted by molar-refractivity contribution is 7.99. The van der Waals surface area contributed by atoms with Crippen LogP contribution in [-0.4, -0.2) is 25.1 Å². The van der Waals surface area contributed by atoms with Crippen LogP contribution in [0.25, 0.3) is 0 Å². The molecule has 2 N–H and O–H groups in total. The number of carbonyl (C=O) groups excluding carboxylic acids is 1. The lowest BCUT2D eigenvalue weighted by molar-refractivity contribution is 0.0972. The molecule has 0 radical (unpaired) electrons. The number of carbonyl (C=O) groups is 1. The third kappa shape index (κ3) is 2.82. The minimum absolute atomic E-state index is 0.246. The smallest absolute Gasteiger partial charge is 0.178 e. The van der Waals surface area contributed by atoms with E-state index in [0.717, 1.165) is 53.2 Å². The topological polar surface area (TPSA) is 46.3 Å². The highest BCUT2D eigenvalue weighted by atomic mass is 32.2. The van der Waals surface area contributed by atoms with Gasteiger partial charge in [0.2, 0.25) is 0 Å². The Kier molecular flexibility index (Phi) is 4.23. The van der Waals surface area contributed by atoms with E-state index in [0.29, 0.717) is 0 Å². The van der Waals surface area contributed by atoms with Crippen molar-refractivity contribution in [3.05, 3.63) is 4.88 Å². The molecule has 1 saturated heterocycles. The van der Waals surface area contributed by atoms with Crippen molar-refractivity contribution in [2.45, 2.75) is 38.0 Å². The van der Waals surface area contributed by atoms with Crippen molar-refractivity contribution in [1.29, 1.82) is 0 Å². The Morgan fingerprint density at radius 2 is 2.10 bits per heavy atom. The molecular weight excluding hydrogens is 300 g/mol. The zero-order valence-corrected chi connectivity index (χ0v) is 14.6. The fraction of sp³-hybridized carbons (Fsp3) is 0.688. The van der Waals surface area contributed by atoms with Gasteiger partial charge < -0.3 is 10.6 Å². The zero-order chi connectivity index (χ0) is 15.1. The number of anilines is 2. The predicted molar refractivity (Wildman–Crippen MR) is 92.7 cm³/mol. The van der Waals surface area contributed by atoms with Crippen molar-refractivity contribution in [2.24, 2.45) is 17.8 Å². The molecule has 3 nitrogen and oxygen atoms in total. The summed E-state index contributed by atoms with van der Waals surface area (Å²) in [6.07, 6.45) is 5.39. The fourth-order valence-electron chi connectivity index (χ4n) is 3.05. The van der Waals surface area contributed by atoms with Crippen LogP contribution in [0.4, 0.5) is 10.7 Å². The lowest BCUT2D eigenvalue weighted by Gasteiger charge is -2.19. The van der Waals surface area contributed by atoms with E-state index < -0.39 is 0 Å². The van der Waals surface area contributed by atoms with Gasteiger partial charge in [0.15, 0.2) is 5.78 Å². The molecule has 1 saturated carbocycles.